The molecule has 0 aromatic carbocycles. The van der Waals surface area contributed by atoms with E-state index in [0.717, 1.165) is 5.92 Å². The Bertz CT molecular complexity index is 248. The van der Waals surface area contributed by atoms with Gasteiger partial charge >= 0.3 is 0 Å². The SMILES string of the molecule is CC(C)C1=C(C(C)C)CN(C(C)C)CCC1. The number of allylic oxidation sites excluding steroid dienone is 1. The van der Waals surface area contributed by atoms with E-state index in [9.17, 15) is 0 Å². The van der Waals surface area contributed by atoms with Gasteiger partial charge in [-0.1, -0.05) is 38.8 Å². The number of hydrogen-bond donors (Lipinski definition) is 0. The van der Waals surface area contributed by atoms with Gasteiger partial charge in [0.2, 0.25) is 0 Å². The van der Waals surface area contributed by atoms with Crippen molar-refractivity contribution in [1.29, 1.82) is 0 Å². The molecule has 1 heteroatoms. The monoisotopic (exact) mass is 223 g/mol. The zero-order valence-corrected chi connectivity index (χ0v) is 12.0. The molecular weight excluding hydrogens is 194 g/mol. The molecule has 0 aromatic rings. The molecule has 1 aliphatic heterocycles. The van der Waals surface area contributed by atoms with Crippen LogP contribution in [0.4, 0.5) is 0 Å². The first-order valence-electron chi connectivity index (χ1n) is 6.89. The molecule has 0 fully saturated rings. The molecule has 0 amide bonds. The van der Waals surface area contributed by atoms with E-state index in [1.807, 2.05) is 0 Å². The first kappa shape index (κ1) is 13.8. The molecule has 1 heterocycles. The Morgan fingerprint density at radius 1 is 0.875 bits per heavy atom. The van der Waals surface area contributed by atoms with Gasteiger partial charge in [0.25, 0.3) is 0 Å². The molecule has 0 saturated carbocycles. The van der Waals surface area contributed by atoms with Crippen LogP contribution in [0.15, 0.2) is 11.1 Å². The van der Waals surface area contributed by atoms with Crippen LogP contribution in [0, 0.1) is 11.8 Å². The topological polar surface area (TPSA) is 3.24 Å². The van der Waals surface area contributed by atoms with Crippen molar-refractivity contribution in [1.82, 2.24) is 4.90 Å². The molecule has 0 atom stereocenters. The maximum absolute atomic E-state index is 2.63. The molecule has 1 rings (SSSR count). The average Bonchev–Trinajstić information content (AvgIpc) is 2.38. The molecule has 0 bridgehead atoms. The van der Waals surface area contributed by atoms with Gasteiger partial charge in [0, 0.05) is 12.6 Å². The van der Waals surface area contributed by atoms with E-state index in [-0.39, 0.29) is 0 Å². The minimum Gasteiger partial charge on any atom is -0.297 e. The molecule has 0 aliphatic carbocycles. The Labute approximate surface area is 102 Å². The molecule has 1 aliphatic rings. The second kappa shape index (κ2) is 5.86. The van der Waals surface area contributed by atoms with E-state index in [2.05, 4.69) is 46.4 Å². The normalized spacial score (nSPS) is 20.1. The van der Waals surface area contributed by atoms with E-state index in [1.54, 1.807) is 11.1 Å². The van der Waals surface area contributed by atoms with Crippen LogP contribution in [0.3, 0.4) is 0 Å². The van der Waals surface area contributed by atoms with Gasteiger partial charge in [-0.05, 0) is 45.1 Å². The fraction of sp³-hybridized carbons (Fsp3) is 0.867. The first-order chi connectivity index (χ1) is 7.43. The van der Waals surface area contributed by atoms with Crippen LogP contribution in [-0.4, -0.2) is 24.0 Å². The van der Waals surface area contributed by atoms with Gasteiger partial charge in [-0.3, -0.25) is 4.90 Å². The molecule has 0 unspecified atom stereocenters. The lowest BCUT2D eigenvalue weighted by molar-refractivity contribution is 0.239. The van der Waals surface area contributed by atoms with Gasteiger partial charge in [0.15, 0.2) is 0 Å². The van der Waals surface area contributed by atoms with E-state index in [4.69, 9.17) is 0 Å². The van der Waals surface area contributed by atoms with Gasteiger partial charge < -0.3 is 0 Å². The lowest BCUT2D eigenvalue weighted by Gasteiger charge is -2.27. The lowest BCUT2D eigenvalue weighted by Crippen LogP contribution is -2.33. The van der Waals surface area contributed by atoms with Crippen LogP contribution in [0.2, 0.25) is 0 Å². The average molecular weight is 223 g/mol. The summed E-state index contributed by atoms with van der Waals surface area (Å²) in [5, 5.41) is 0. The highest BCUT2D eigenvalue weighted by Gasteiger charge is 2.21. The van der Waals surface area contributed by atoms with Crippen molar-refractivity contribution in [2.24, 2.45) is 11.8 Å². The summed E-state index contributed by atoms with van der Waals surface area (Å²) in [4.78, 5) is 2.63. The Hall–Kier alpha value is -0.300. The number of hydrogen-bond acceptors (Lipinski definition) is 1. The molecule has 0 N–H and O–H groups in total. The van der Waals surface area contributed by atoms with Crippen LogP contribution in [0.1, 0.15) is 54.4 Å². The van der Waals surface area contributed by atoms with E-state index in [1.165, 1.54) is 25.9 Å². The molecule has 0 saturated heterocycles. The quantitative estimate of drug-likeness (QED) is 0.651. The molecule has 16 heavy (non-hydrogen) atoms. The Morgan fingerprint density at radius 2 is 1.44 bits per heavy atom. The summed E-state index contributed by atoms with van der Waals surface area (Å²) in [5.41, 5.74) is 3.44. The zero-order chi connectivity index (χ0) is 12.3. The smallest absolute Gasteiger partial charge is 0.0200 e. The predicted molar refractivity (Wildman–Crippen MR) is 72.6 cm³/mol. The van der Waals surface area contributed by atoms with Gasteiger partial charge in [-0.2, -0.15) is 0 Å². The molecule has 0 aromatic heterocycles. The van der Waals surface area contributed by atoms with Crippen molar-refractivity contribution in [3.05, 3.63) is 11.1 Å². The van der Waals surface area contributed by atoms with Crippen molar-refractivity contribution in [3.63, 3.8) is 0 Å². The maximum Gasteiger partial charge on any atom is 0.0200 e. The maximum atomic E-state index is 2.63. The van der Waals surface area contributed by atoms with Crippen molar-refractivity contribution in [2.75, 3.05) is 13.1 Å². The second-order valence-corrected chi connectivity index (χ2v) is 6.03. The zero-order valence-electron chi connectivity index (χ0n) is 12.0. The van der Waals surface area contributed by atoms with Crippen LogP contribution in [0.25, 0.3) is 0 Å². The summed E-state index contributed by atoms with van der Waals surface area (Å²) in [7, 11) is 0. The third-order valence-electron chi connectivity index (χ3n) is 3.80. The van der Waals surface area contributed by atoms with Crippen molar-refractivity contribution in [2.45, 2.75) is 60.4 Å². The highest BCUT2D eigenvalue weighted by molar-refractivity contribution is 5.21. The molecule has 94 valence electrons. The third-order valence-corrected chi connectivity index (χ3v) is 3.80. The summed E-state index contributed by atoms with van der Waals surface area (Å²) >= 11 is 0. The van der Waals surface area contributed by atoms with Gasteiger partial charge in [0.1, 0.15) is 0 Å². The van der Waals surface area contributed by atoms with E-state index >= 15 is 0 Å². The Kier molecular flexibility index (Phi) is 5.04. The van der Waals surface area contributed by atoms with Crippen molar-refractivity contribution in [3.8, 4) is 0 Å². The van der Waals surface area contributed by atoms with E-state index < -0.39 is 0 Å². The number of rotatable bonds is 3. The third kappa shape index (κ3) is 3.35. The number of nitrogens with zero attached hydrogens (tertiary/aromatic N) is 1. The predicted octanol–water partition coefficient (Wildman–Crippen LogP) is 4.10. The fourth-order valence-corrected chi connectivity index (χ4v) is 2.69. The van der Waals surface area contributed by atoms with Crippen molar-refractivity contribution < 1.29 is 0 Å². The molecule has 0 radical (unpaired) electrons. The highest BCUT2D eigenvalue weighted by Crippen LogP contribution is 2.29. The Morgan fingerprint density at radius 3 is 1.88 bits per heavy atom. The van der Waals surface area contributed by atoms with Crippen LogP contribution >= 0.6 is 0 Å². The largest absolute Gasteiger partial charge is 0.297 e. The molecular formula is C15H29N. The highest BCUT2D eigenvalue weighted by atomic mass is 15.1. The molecule has 1 nitrogen and oxygen atoms in total. The van der Waals surface area contributed by atoms with Crippen molar-refractivity contribution >= 4 is 0 Å². The lowest BCUT2D eigenvalue weighted by atomic mass is 9.88. The van der Waals surface area contributed by atoms with Crippen LogP contribution in [0.5, 0.6) is 0 Å². The fourth-order valence-electron chi connectivity index (χ4n) is 2.69. The standard InChI is InChI=1S/C15H29N/c1-11(2)14-8-7-9-16(13(5)6)10-15(14)12(3)4/h11-13H,7-10H2,1-6H3. The van der Waals surface area contributed by atoms with Crippen LogP contribution in [-0.2, 0) is 0 Å². The summed E-state index contributed by atoms with van der Waals surface area (Å²) < 4.78 is 0. The van der Waals surface area contributed by atoms with E-state index in [0.29, 0.717) is 12.0 Å². The van der Waals surface area contributed by atoms with Gasteiger partial charge in [0.05, 0.1) is 0 Å². The minimum atomic E-state index is 0.681. The van der Waals surface area contributed by atoms with Gasteiger partial charge in [-0.15, -0.1) is 0 Å². The molecule has 0 spiro atoms. The summed E-state index contributed by atoms with van der Waals surface area (Å²) in [6, 6.07) is 0.681. The van der Waals surface area contributed by atoms with Gasteiger partial charge in [-0.25, -0.2) is 0 Å². The Balaban J connectivity index is 2.93. The first-order valence-corrected chi connectivity index (χ1v) is 6.89. The summed E-state index contributed by atoms with van der Waals surface area (Å²) in [6.45, 7) is 16.5. The second-order valence-electron chi connectivity index (χ2n) is 6.03. The van der Waals surface area contributed by atoms with Crippen LogP contribution < -0.4 is 0 Å². The summed E-state index contributed by atoms with van der Waals surface area (Å²) in [5.74, 6) is 1.43. The minimum absolute atomic E-state index is 0.681. The summed E-state index contributed by atoms with van der Waals surface area (Å²) in [6.07, 6.45) is 2.65.